The largest absolute Gasteiger partial charge is 0.326 e. The van der Waals surface area contributed by atoms with Crippen molar-refractivity contribution in [3.8, 4) is 0 Å². The van der Waals surface area contributed by atoms with Crippen LogP contribution < -0.4 is 15.4 Å². The van der Waals surface area contributed by atoms with Gasteiger partial charge in [0.25, 0.3) is 5.91 Å². The second kappa shape index (κ2) is 10.2. The van der Waals surface area contributed by atoms with E-state index in [0.717, 1.165) is 12.8 Å². The van der Waals surface area contributed by atoms with Crippen molar-refractivity contribution in [3.63, 3.8) is 0 Å². The van der Waals surface area contributed by atoms with Gasteiger partial charge < -0.3 is 10.6 Å². The van der Waals surface area contributed by atoms with Crippen LogP contribution in [-0.2, 0) is 14.8 Å². The summed E-state index contributed by atoms with van der Waals surface area (Å²) in [6, 6.07) is 12.6. The molecular weight excluding hydrogens is 390 g/mol. The molecule has 0 aliphatic rings. The van der Waals surface area contributed by atoms with E-state index in [2.05, 4.69) is 15.4 Å². The van der Waals surface area contributed by atoms with Crippen molar-refractivity contribution in [2.45, 2.75) is 38.5 Å². The van der Waals surface area contributed by atoms with Crippen LogP contribution in [0.15, 0.2) is 53.4 Å². The summed E-state index contributed by atoms with van der Waals surface area (Å²) in [6.07, 6.45) is 1.55. The number of hydrogen-bond donors (Lipinski definition) is 3. The molecule has 0 saturated carbocycles. The lowest BCUT2D eigenvalue weighted by molar-refractivity contribution is -0.120. The molecule has 0 aromatic heterocycles. The quantitative estimate of drug-likeness (QED) is 0.580. The Bertz CT molecular complexity index is 935. The SMILES string of the molecule is CCNS(=O)(=O)c1ccc(NC(=O)c2ccc(NC(=O)C(CC)CC)cc2)cc1. The summed E-state index contributed by atoms with van der Waals surface area (Å²) in [6.45, 7) is 5.95. The van der Waals surface area contributed by atoms with E-state index in [-0.39, 0.29) is 22.6 Å². The van der Waals surface area contributed by atoms with Gasteiger partial charge in [0.1, 0.15) is 0 Å². The molecule has 0 spiro atoms. The molecule has 3 N–H and O–H groups in total. The minimum Gasteiger partial charge on any atom is -0.326 e. The van der Waals surface area contributed by atoms with Crippen LogP contribution >= 0.6 is 0 Å². The van der Waals surface area contributed by atoms with E-state index in [9.17, 15) is 18.0 Å². The molecule has 0 aliphatic carbocycles. The molecule has 0 fully saturated rings. The van der Waals surface area contributed by atoms with Gasteiger partial charge in [0.2, 0.25) is 15.9 Å². The lowest BCUT2D eigenvalue weighted by Gasteiger charge is -2.13. The Morgan fingerprint density at radius 2 is 1.34 bits per heavy atom. The van der Waals surface area contributed by atoms with Gasteiger partial charge in [0.05, 0.1) is 4.90 Å². The summed E-state index contributed by atoms with van der Waals surface area (Å²) in [4.78, 5) is 24.7. The minimum atomic E-state index is -3.53. The van der Waals surface area contributed by atoms with E-state index < -0.39 is 10.0 Å². The van der Waals surface area contributed by atoms with Crippen LogP contribution in [0.5, 0.6) is 0 Å². The van der Waals surface area contributed by atoms with Crippen molar-refractivity contribution >= 4 is 33.2 Å². The van der Waals surface area contributed by atoms with Gasteiger partial charge in [-0.3, -0.25) is 9.59 Å². The molecule has 2 aromatic rings. The number of nitrogens with one attached hydrogen (secondary N) is 3. The number of sulfonamides is 1. The molecule has 0 aliphatic heterocycles. The van der Waals surface area contributed by atoms with Gasteiger partial charge >= 0.3 is 0 Å². The molecule has 0 saturated heterocycles. The first kappa shape index (κ1) is 22.6. The average Bonchev–Trinajstić information content (AvgIpc) is 2.70. The summed E-state index contributed by atoms with van der Waals surface area (Å²) >= 11 is 0. The zero-order valence-corrected chi connectivity index (χ0v) is 17.7. The van der Waals surface area contributed by atoms with E-state index in [4.69, 9.17) is 0 Å². The third-order valence-electron chi connectivity index (χ3n) is 4.53. The van der Waals surface area contributed by atoms with Crippen LogP contribution in [0.1, 0.15) is 44.0 Å². The van der Waals surface area contributed by atoms with Gasteiger partial charge in [-0.05, 0) is 61.4 Å². The highest BCUT2D eigenvalue weighted by molar-refractivity contribution is 7.89. The molecule has 8 heteroatoms. The molecule has 0 bridgehead atoms. The van der Waals surface area contributed by atoms with Crippen molar-refractivity contribution in [1.29, 1.82) is 0 Å². The second-order valence-corrected chi connectivity index (χ2v) is 8.33. The van der Waals surface area contributed by atoms with Gasteiger partial charge in [0, 0.05) is 29.4 Å². The maximum atomic E-state index is 12.4. The minimum absolute atomic E-state index is 0.0280. The summed E-state index contributed by atoms with van der Waals surface area (Å²) in [5.74, 6) is -0.387. The van der Waals surface area contributed by atoms with Crippen molar-refractivity contribution in [1.82, 2.24) is 4.72 Å². The van der Waals surface area contributed by atoms with Crippen LogP contribution in [-0.4, -0.2) is 26.8 Å². The second-order valence-electron chi connectivity index (χ2n) is 6.56. The first-order valence-electron chi connectivity index (χ1n) is 9.62. The standard InChI is InChI=1S/C21H27N3O4S/c1-4-15(5-2)20(25)23-17-9-7-16(8-10-17)21(26)24-18-11-13-19(14-12-18)29(27,28)22-6-3/h7-15,22H,4-6H2,1-3H3,(H,23,25)(H,24,26). The molecule has 29 heavy (non-hydrogen) atoms. The highest BCUT2D eigenvalue weighted by atomic mass is 32.2. The summed E-state index contributed by atoms with van der Waals surface area (Å²) in [7, 11) is -3.53. The lowest BCUT2D eigenvalue weighted by atomic mass is 10.0. The number of hydrogen-bond acceptors (Lipinski definition) is 4. The molecule has 7 nitrogen and oxygen atoms in total. The van der Waals surface area contributed by atoms with Crippen LogP contribution in [0.25, 0.3) is 0 Å². The Labute approximate surface area is 172 Å². The maximum Gasteiger partial charge on any atom is 0.255 e. The Morgan fingerprint density at radius 1 is 0.828 bits per heavy atom. The van der Waals surface area contributed by atoms with E-state index in [1.54, 1.807) is 31.2 Å². The first-order chi connectivity index (χ1) is 13.8. The van der Waals surface area contributed by atoms with Crippen molar-refractivity contribution in [3.05, 3.63) is 54.1 Å². The topological polar surface area (TPSA) is 104 Å². The Hall–Kier alpha value is -2.71. The van der Waals surface area contributed by atoms with Gasteiger partial charge in [-0.2, -0.15) is 0 Å². The fourth-order valence-corrected chi connectivity index (χ4v) is 3.84. The van der Waals surface area contributed by atoms with Crippen molar-refractivity contribution in [2.24, 2.45) is 5.92 Å². The third-order valence-corrected chi connectivity index (χ3v) is 6.09. The third kappa shape index (κ3) is 6.13. The first-order valence-corrected chi connectivity index (χ1v) is 11.1. The number of amides is 2. The maximum absolute atomic E-state index is 12.4. The highest BCUT2D eigenvalue weighted by Crippen LogP contribution is 2.17. The van der Waals surface area contributed by atoms with Crippen LogP contribution in [0, 0.1) is 5.92 Å². The number of carbonyl (C=O) groups is 2. The van der Waals surface area contributed by atoms with E-state index in [0.29, 0.717) is 23.5 Å². The van der Waals surface area contributed by atoms with Crippen LogP contribution in [0.3, 0.4) is 0 Å². The number of carbonyl (C=O) groups excluding carboxylic acids is 2. The molecule has 2 aromatic carbocycles. The number of rotatable bonds is 9. The predicted molar refractivity (Wildman–Crippen MR) is 114 cm³/mol. The Kier molecular flexibility index (Phi) is 7.92. The van der Waals surface area contributed by atoms with Gasteiger partial charge in [-0.1, -0.05) is 20.8 Å². The molecule has 2 amide bonds. The fourth-order valence-electron chi connectivity index (χ4n) is 2.80. The average molecular weight is 418 g/mol. The van der Waals surface area contributed by atoms with Crippen LogP contribution in [0.2, 0.25) is 0 Å². The predicted octanol–water partition coefficient (Wildman–Crippen LogP) is 3.61. The van der Waals surface area contributed by atoms with Crippen molar-refractivity contribution in [2.75, 3.05) is 17.2 Å². The van der Waals surface area contributed by atoms with Gasteiger partial charge in [-0.25, -0.2) is 13.1 Å². The highest BCUT2D eigenvalue weighted by Gasteiger charge is 2.15. The van der Waals surface area contributed by atoms with Crippen LogP contribution in [0.4, 0.5) is 11.4 Å². The summed E-state index contributed by atoms with van der Waals surface area (Å²) in [5, 5.41) is 5.58. The molecule has 2 rings (SSSR count). The van der Waals surface area contributed by atoms with E-state index in [1.807, 2.05) is 13.8 Å². The molecule has 0 radical (unpaired) electrons. The van der Waals surface area contributed by atoms with E-state index in [1.165, 1.54) is 24.3 Å². The zero-order valence-electron chi connectivity index (χ0n) is 16.9. The smallest absolute Gasteiger partial charge is 0.255 e. The molecule has 0 unspecified atom stereocenters. The normalized spacial score (nSPS) is 11.3. The Morgan fingerprint density at radius 3 is 1.86 bits per heavy atom. The molecule has 0 heterocycles. The number of benzene rings is 2. The molecule has 0 atom stereocenters. The summed E-state index contributed by atoms with van der Waals surface area (Å²) < 4.78 is 26.3. The monoisotopic (exact) mass is 417 g/mol. The summed E-state index contributed by atoms with van der Waals surface area (Å²) in [5.41, 5.74) is 1.54. The Balaban J connectivity index is 2.01. The molecular formula is C21H27N3O4S. The number of anilines is 2. The lowest BCUT2D eigenvalue weighted by Crippen LogP contribution is -2.23. The van der Waals surface area contributed by atoms with Gasteiger partial charge in [0.15, 0.2) is 0 Å². The van der Waals surface area contributed by atoms with E-state index >= 15 is 0 Å². The van der Waals surface area contributed by atoms with Crippen molar-refractivity contribution < 1.29 is 18.0 Å². The fraction of sp³-hybridized carbons (Fsp3) is 0.333. The molecule has 156 valence electrons. The zero-order chi connectivity index (χ0) is 21.4. The van der Waals surface area contributed by atoms with Gasteiger partial charge in [-0.15, -0.1) is 0 Å².